The number of benzene rings is 1. The van der Waals surface area contributed by atoms with Crippen molar-refractivity contribution in [3.8, 4) is 0 Å². The average molecular weight is 340 g/mol. The monoisotopic (exact) mass is 339 g/mol. The predicted octanol–water partition coefficient (Wildman–Crippen LogP) is 3.96. The van der Waals surface area contributed by atoms with E-state index in [0.29, 0.717) is 6.04 Å². The van der Waals surface area contributed by atoms with Crippen molar-refractivity contribution >= 4 is 42.6 Å². The van der Waals surface area contributed by atoms with E-state index < -0.39 is 0 Å². The lowest BCUT2D eigenvalue weighted by atomic mass is 10.3. The Bertz CT molecular complexity index is 563. The molecule has 1 fully saturated rings. The number of hydrogen-bond acceptors (Lipinski definition) is 4. The summed E-state index contributed by atoms with van der Waals surface area (Å²) < 4.78 is 2.34. The maximum atomic E-state index is 4.64. The fraction of sp³-hybridized carbons (Fsp3) is 0.500. The Morgan fingerprint density at radius 1 is 1.42 bits per heavy atom. The van der Waals surface area contributed by atoms with Crippen LogP contribution in [-0.4, -0.2) is 35.6 Å². The molecule has 1 aliphatic rings. The van der Waals surface area contributed by atoms with Crippen molar-refractivity contribution in [1.82, 2.24) is 9.88 Å². The Labute approximate surface area is 126 Å². The molecule has 0 aliphatic carbocycles. The summed E-state index contributed by atoms with van der Waals surface area (Å²) in [4.78, 5) is 7.17. The average Bonchev–Trinajstić information content (AvgIpc) is 2.97. The quantitative estimate of drug-likeness (QED) is 0.913. The molecule has 2 aromatic rings. The molecule has 1 atom stereocenters. The van der Waals surface area contributed by atoms with E-state index in [9.17, 15) is 0 Å². The number of rotatable bonds is 4. The van der Waals surface area contributed by atoms with Crippen LogP contribution in [0.15, 0.2) is 22.7 Å². The van der Waals surface area contributed by atoms with E-state index in [1.54, 1.807) is 11.3 Å². The molecule has 0 radical (unpaired) electrons. The van der Waals surface area contributed by atoms with Gasteiger partial charge < -0.3 is 10.2 Å². The van der Waals surface area contributed by atoms with E-state index in [1.165, 1.54) is 30.6 Å². The summed E-state index contributed by atoms with van der Waals surface area (Å²) in [6, 6.07) is 6.68. The molecule has 19 heavy (non-hydrogen) atoms. The molecule has 0 spiro atoms. The van der Waals surface area contributed by atoms with Gasteiger partial charge in [-0.25, -0.2) is 4.98 Å². The second-order valence-corrected chi connectivity index (χ2v) is 7.13. The number of halogens is 1. The van der Waals surface area contributed by atoms with Crippen LogP contribution in [0.4, 0.5) is 5.13 Å². The maximum Gasteiger partial charge on any atom is 0.184 e. The number of nitrogens with zero attached hydrogens (tertiary/aromatic N) is 2. The van der Waals surface area contributed by atoms with Crippen LogP contribution in [0.3, 0.4) is 0 Å². The molecule has 0 saturated carbocycles. The number of fused-ring (bicyclic) bond motifs is 1. The van der Waals surface area contributed by atoms with Crippen LogP contribution in [-0.2, 0) is 0 Å². The van der Waals surface area contributed by atoms with Gasteiger partial charge in [-0.05, 0) is 51.1 Å². The Kier molecular flexibility index (Phi) is 4.05. The van der Waals surface area contributed by atoms with Gasteiger partial charge in [0.25, 0.3) is 0 Å². The summed E-state index contributed by atoms with van der Waals surface area (Å²) in [5, 5.41) is 4.56. The molecule has 1 aliphatic heterocycles. The number of nitrogens with one attached hydrogen (secondary N) is 1. The molecular weight excluding hydrogens is 322 g/mol. The van der Waals surface area contributed by atoms with Crippen molar-refractivity contribution in [3.63, 3.8) is 0 Å². The molecule has 102 valence electrons. The Balaban J connectivity index is 1.66. The third kappa shape index (κ3) is 3.27. The van der Waals surface area contributed by atoms with Gasteiger partial charge >= 0.3 is 0 Å². The Hall–Kier alpha value is -0.650. The highest BCUT2D eigenvalue weighted by molar-refractivity contribution is 9.10. The number of aromatic nitrogens is 1. The molecule has 1 N–H and O–H groups in total. The van der Waals surface area contributed by atoms with Crippen LogP contribution in [0.2, 0.25) is 0 Å². The molecule has 5 heteroatoms. The molecule has 1 unspecified atom stereocenters. The van der Waals surface area contributed by atoms with E-state index in [0.717, 1.165) is 21.7 Å². The van der Waals surface area contributed by atoms with Gasteiger partial charge in [-0.15, -0.1) is 0 Å². The van der Waals surface area contributed by atoms with E-state index in [-0.39, 0.29) is 0 Å². The second kappa shape index (κ2) is 5.77. The number of anilines is 1. The molecule has 1 aromatic heterocycles. The lowest BCUT2D eigenvalue weighted by Crippen LogP contribution is -2.32. The third-order valence-electron chi connectivity index (χ3n) is 3.45. The lowest BCUT2D eigenvalue weighted by molar-refractivity contribution is 0.328. The van der Waals surface area contributed by atoms with Gasteiger partial charge in [0.1, 0.15) is 0 Å². The zero-order valence-corrected chi connectivity index (χ0v) is 13.4. The predicted molar refractivity (Wildman–Crippen MR) is 86.1 cm³/mol. The summed E-state index contributed by atoms with van der Waals surface area (Å²) in [7, 11) is 0. The molecule has 3 nitrogen and oxygen atoms in total. The maximum absolute atomic E-state index is 4.64. The lowest BCUT2D eigenvalue weighted by Gasteiger charge is -2.20. The van der Waals surface area contributed by atoms with Crippen molar-refractivity contribution in [2.75, 3.05) is 25.0 Å². The molecule has 2 heterocycles. The highest BCUT2D eigenvalue weighted by atomic mass is 79.9. The zero-order chi connectivity index (χ0) is 13.2. The first-order valence-electron chi connectivity index (χ1n) is 6.76. The van der Waals surface area contributed by atoms with E-state index in [2.05, 4.69) is 50.2 Å². The Morgan fingerprint density at radius 3 is 3.00 bits per heavy atom. The summed E-state index contributed by atoms with van der Waals surface area (Å²) >= 11 is 5.23. The van der Waals surface area contributed by atoms with Crippen LogP contribution >= 0.6 is 27.3 Å². The molecular formula is C14H18BrN3S. The molecule has 3 rings (SSSR count). The van der Waals surface area contributed by atoms with Crippen LogP contribution in [0.25, 0.3) is 10.2 Å². The van der Waals surface area contributed by atoms with E-state index >= 15 is 0 Å². The van der Waals surface area contributed by atoms with E-state index in [1.807, 2.05) is 6.07 Å². The van der Waals surface area contributed by atoms with Gasteiger partial charge in [0.15, 0.2) is 5.13 Å². The minimum Gasteiger partial charge on any atom is -0.358 e. The molecule has 0 bridgehead atoms. The van der Waals surface area contributed by atoms with Crippen LogP contribution in [0, 0.1) is 0 Å². The summed E-state index contributed by atoms with van der Waals surface area (Å²) in [6.45, 7) is 5.84. The first-order chi connectivity index (χ1) is 9.20. The van der Waals surface area contributed by atoms with Crippen LogP contribution < -0.4 is 5.32 Å². The number of likely N-dealkylation sites (tertiary alicyclic amines) is 1. The smallest absolute Gasteiger partial charge is 0.184 e. The number of thiazole rings is 1. The summed E-state index contributed by atoms with van der Waals surface area (Å²) in [5.41, 5.74) is 1.07. The normalized spacial score (nSPS) is 18.0. The highest BCUT2D eigenvalue weighted by Gasteiger charge is 2.15. The standard InChI is InChI=1S/C14H18BrN3S/c1-10(9-18-6-2-3-7-18)16-14-17-12-5-4-11(15)8-13(12)19-14/h4-5,8,10H,2-3,6-7,9H2,1H3,(H,16,17). The summed E-state index contributed by atoms with van der Waals surface area (Å²) in [5.74, 6) is 0. The minimum atomic E-state index is 0.446. The fourth-order valence-electron chi connectivity index (χ4n) is 2.57. The molecule has 1 saturated heterocycles. The van der Waals surface area contributed by atoms with Crippen molar-refractivity contribution in [1.29, 1.82) is 0 Å². The highest BCUT2D eigenvalue weighted by Crippen LogP contribution is 2.28. The first-order valence-corrected chi connectivity index (χ1v) is 8.36. The van der Waals surface area contributed by atoms with E-state index in [4.69, 9.17) is 0 Å². The second-order valence-electron chi connectivity index (χ2n) is 5.18. The minimum absolute atomic E-state index is 0.446. The Morgan fingerprint density at radius 2 is 2.21 bits per heavy atom. The van der Waals surface area contributed by atoms with Crippen molar-refractivity contribution in [3.05, 3.63) is 22.7 Å². The van der Waals surface area contributed by atoms with Gasteiger partial charge in [-0.2, -0.15) is 0 Å². The number of hydrogen-bond donors (Lipinski definition) is 1. The van der Waals surface area contributed by atoms with Gasteiger partial charge in [0.2, 0.25) is 0 Å². The SMILES string of the molecule is CC(CN1CCCC1)Nc1nc2ccc(Br)cc2s1. The van der Waals surface area contributed by atoms with Gasteiger partial charge in [-0.3, -0.25) is 0 Å². The topological polar surface area (TPSA) is 28.2 Å². The van der Waals surface area contributed by atoms with Crippen molar-refractivity contribution < 1.29 is 0 Å². The fourth-order valence-corrected chi connectivity index (χ4v) is 4.10. The van der Waals surface area contributed by atoms with Gasteiger partial charge in [-0.1, -0.05) is 27.3 Å². The largest absolute Gasteiger partial charge is 0.358 e. The first kappa shape index (κ1) is 13.3. The third-order valence-corrected chi connectivity index (χ3v) is 4.89. The van der Waals surface area contributed by atoms with Crippen LogP contribution in [0.5, 0.6) is 0 Å². The van der Waals surface area contributed by atoms with Gasteiger partial charge in [0.05, 0.1) is 10.2 Å². The van der Waals surface area contributed by atoms with Crippen LogP contribution in [0.1, 0.15) is 19.8 Å². The van der Waals surface area contributed by atoms with Gasteiger partial charge in [0, 0.05) is 17.1 Å². The van der Waals surface area contributed by atoms with Crippen molar-refractivity contribution in [2.45, 2.75) is 25.8 Å². The summed E-state index contributed by atoms with van der Waals surface area (Å²) in [6.07, 6.45) is 2.70. The molecule has 0 amide bonds. The van der Waals surface area contributed by atoms with Crippen molar-refractivity contribution in [2.24, 2.45) is 0 Å². The molecule has 1 aromatic carbocycles. The zero-order valence-electron chi connectivity index (χ0n) is 11.0.